The van der Waals surface area contributed by atoms with E-state index in [1.165, 1.54) is 0 Å². The van der Waals surface area contributed by atoms with Crippen LogP contribution in [0, 0.1) is 0 Å². The van der Waals surface area contributed by atoms with E-state index >= 15 is 0 Å². The van der Waals surface area contributed by atoms with Crippen LogP contribution in [0.1, 0.15) is 5.56 Å². The predicted molar refractivity (Wildman–Crippen MR) is 74.9 cm³/mol. The number of fused-ring (bicyclic) bond motifs is 1. The Bertz CT molecular complexity index is 703. The summed E-state index contributed by atoms with van der Waals surface area (Å²) in [5.41, 5.74) is 0.967. The Morgan fingerprint density at radius 1 is 1.29 bits per heavy atom. The van der Waals surface area contributed by atoms with Gasteiger partial charge in [-0.05, 0) is 12.1 Å². The van der Waals surface area contributed by atoms with Crippen LogP contribution in [0.2, 0.25) is 0 Å². The molecule has 1 aliphatic rings. The Morgan fingerprint density at radius 2 is 2.05 bits per heavy atom. The lowest BCUT2D eigenvalue weighted by molar-refractivity contribution is -0.155. The SMILES string of the molecule is O=C(Cc1c[nH]c2ccccc2c1=O)OCC1OCCO1. The summed E-state index contributed by atoms with van der Waals surface area (Å²) in [6.45, 7) is 1.06. The highest BCUT2D eigenvalue weighted by molar-refractivity contribution is 5.80. The summed E-state index contributed by atoms with van der Waals surface area (Å²) in [7, 11) is 0. The summed E-state index contributed by atoms with van der Waals surface area (Å²) in [6.07, 6.45) is 0.977. The maximum Gasteiger partial charge on any atom is 0.310 e. The zero-order valence-electron chi connectivity index (χ0n) is 11.3. The van der Waals surface area contributed by atoms with Crippen LogP contribution in [0.25, 0.3) is 10.9 Å². The van der Waals surface area contributed by atoms with Gasteiger partial charge in [0.2, 0.25) is 0 Å². The van der Waals surface area contributed by atoms with Gasteiger partial charge in [0.25, 0.3) is 0 Å². The van der Waals surface area contributed by atoms with Crippen molar-refractivity contribution in [2.45, 2.75) is 12.7 Å². The topological polar surface area (TPSA) is 77.6 Å². The van der Waals surface area contributed by atoms with Crippen LogP contribution in [0.3, 0.4) is 0 Å². The van der Waals surface area contributed by atoms with E-state index < -0.39 is 12.3 Å². The average molecular weight is 289 g/mol. The van der Waals surface area contributed by atoms with E-state index in [2.05, 4.69) is 4.98 Å². The summed E-state index contributed by atoms with van der Waals surface area (Å²) < 4.78 is 15.4. The standard InChI is InChI=1S/C15H15NO5/c17-13(21-9-14-19-5-6-20-14)7-10-8-16-12-4-2-1-3-11(12)15(10)18/h1-4,8,14H,5-7,9H2,(H,16,18). The molecular formula is C15H15NO5. The number of nitrogens with one attached hydrogen (secondary N) is 1. The second kappa shape index (κ2) is 6.07. The van der Waals surface area contributed by atoms with Crippen molar-refractivity contribution in [3.05, 3.63) is 46.2 Å². The van der Waals surface area contributed by atoms with Gasteiger partial charge >= 0.3 is 5.97 Å². The lowest BCUT2D eigenvalue weighted by atomic mass is 10.1. The van der Waals surface area contributed by atoms with Gasteiger partial charge in [0.05, 0.1) is 19.6 Å². The van der Waals surface area contributed by atoms with Crippen molar-refractivity contribution in [2.24, 2.45) is 0 Å². The van der Waals surface area contributed by atoms with Gasteiger partial charge in [-0.3, -0.25) is 9.59 Å². The smallest absolute Gasteiger partial charge is 0.310 e. The van der Waals surface area contributed by atoms with E-state index in [-0.39, 0.29) is 18.5 Å². The molecule has 1 aliphatic heterocycles. The van der Waals surface area contributed by atoms with Crippen LogP contribution in [-0.2, 0) is 25.4 Å². The molecule has 1 aromatic carbocycles. The largest absolute Gasteiger partial charge is 0.460 e. The van der Waals surface area contributed by atoms with E-state index in [4.69, 9.17) is 14.2 Å². The van der Waals surface area contributed by atoms with Crippen molar-refractivity contribution >= 4 is 16.9 Å². The number of carbonyl (C=O) groups is 1. The predicted octanol–water partition coefficient (Wildman–Crippen LogP) is 0.987. The van der Waals surface area contributed by atoms with Crippen LogP contribution < -0.4 is 5.43 Å². The Hall–Kier alpha value is -2.18. The zero-order chi connectivity index (χ0) is 14.7. The average Bonchev–Trinajstić information content (AvgIpc) is 3.02. The molecule has 1 N–H and O–H groups in total. The molecule has 110 valence electrons. The van der Waals surface area contributed by atoms with Gasteiger partial charge < -0.3 is 19.2 Å². The highest BCUT2D eigenvalue weighted by Gasteiger charge is 2.18. The number of para-hydroxylation sites is 1. The quantitative estimate of drug-likeness (QED) is 0.849. The molecule has 0 unspecified atom stereocenters. The molecule has 1 aromatic heterocycles. The molecule has 0 atom stereocenters. The van der Waals surface area contributed by atoms with Gasteiger partial charge in [-0.15, -0.1) is 0 Å². The fraction of sp³-hybridized carbons (Fsp3) is 0.333. The number of pyridine rings is 1. The third kappa shape index (κ3) is 3.12. The Kier molecular flexibility index (Phi) is 3.98. The first-order chi connectivity index (χ1) is 10.2. The number of ether oxygens (including phenoxy) is 3. The molecule has 3 rings (SSSR count). The number of aromatic amines is 1. The molecule has 1 fully saturated rings. The van der Waals surface area contributed by atoms with E-state index in [1.807, 2.05) is 12.1 Å². The van der Waals surface area contributed by atoms with Gasteiger partial charge in [-0.1, -0.05) is 12.1 Å². The number of esters is 1. The van der Waals surface area contributed by atoms with E-state index in [0.717, 1.165) is 5.52 Å². The maximum absolute atomic E-state index is 12.2. The van der Waals surface area contributed by atoms with Crippen LogP contribution >= 0.6 is 0 Å². The van der Waals surface area contributed by atoms with Crippen molar-refractivity contribution in [2.75, 3.05) is 19.8 Å². The highest BCUT2D eigenvalue weighted by Crippen LogP contribution is 2.08. The van der Waals surface area contributed by atoms with Crippen molar-refractivity contribution in [3.8, 4) is 0 Å². The molecule has 0 aliphatic carbocycles. The van der Waals surface area contributed by atoms with Crippen molar-refractivity contribution in [1.29, 1.82) is 0 Å². The lowest BCUT2D eigenvalue weighted by Gasteiger charge is -2.09. The van der Waals surface area contributed by atoms with Crippen molar-refractivity contribution in [1.82, 2.24) is 4.98 Å². The fourth-order valence-electron chi connectivity index (χ4n) is 2.21. The monoisotopic (exact) mass is 289 g/mol. The molecule has 0 spiro atoms. The van der Waals surface area contributed by atoms with Gasteiger partial charge in [0.1, 0.15) is 6.61 Å². The van der Waals surface area contributed by atoms with E-state index in [0.29, 0.717) is 24.2 Å². The molecule has 21 heavy (non-hydrogen) atoms. The normalized spacial score (nSPS) is 15.4. The number of benzene rings is 1. The fourth-order valence-corrected chi connectivity index (χ4v) is 2.21. The first-order valence-electron chi connectivity index (χ1n) is 6.72. The Balaban J connectivity index is 1.68. The summed E-state index contributed by atoms with van der Waals surface area (Å²) in [5.74, 6) is -0.477. The first kappa shape index (κ1) is 13.8. The molecule has 1 saturated heterocycles. The molecular weight excluding hydrogens is 274 g/mol. The number of hydrogen-bond donors (Lipinski definition) is 1. The second-order valence-corrected chi connectivity index (χ2v) is 4.72. The van der Waals surface area contributed by atoms with Gasteiger partial charge in [0.15, 0.2) is 11.7 Å². The maximum atomic E-state index is 12.2. The minimum atomic E-state index is -0.496. The Morgan fingerprint density at radius 3 is 2.86 bits per heavy atom. The number of hydrogen-bond acceptors (Lipinski definition) is 5. The van der Waals surface area contributed by atoms with Crippen LogP contribution in [0.5, 0.6) is 0 Å². The van der Waals surface area contributed by atoms with Crippen molar-refractivity contribution in [3.63, 3.8) is 0 Å². The molecule has 6 heteroatoms. The molecule has 6 nitrogen and oxygen atoms in total. The number of aromatic nitrogens is 1. The first-order valence-corrected chi connectivity index (χ1v) is 6.72. The van der Waals surface area contributed by atoms with Gasteiger partial charge in [0, 0.05) is 22.7 Å². The third-order valence-electron chi connectivity index (χ3n) is 3.27. The van der Waals surface area contributed by atoms with Gasteiger partial charge in [-0.2, -0.15) is 0 Å². The molecule has 2 heterocycles. The van der Waals surface area contributed by atoms with Crippen LogP contribution in [0.4, 0.5) is 0 Å². The van der Waals surface area contributed by atoms with Crippen LogP contribution in [-0.4, -0.2) is 37.1 Å². The number of carbonyl (C=O) groups excluding carboxylic acids is 1. The number of H-pyrrole nitrogens is 1. The summed E-state index contributed by atoms with van der Waals surface area (Å²) in [5, 5.41) is 0.560. The lowest BCUT2D eigenvalue weighted by Crippen LogP contribution is -2.22. The summed E-state index contributed by atoms with van der Waals surface area (Å²) in [4.78, 5) is 27.0. The van der Waals surface area contributed by atoms with Crippen molar-refractivity contribution < 1.29 is 19.0 Å². The molecule has 0 bridgehead atoms. The minimum absolute atomic E-state index is 0.0460. The minimum Gasteiger partial charge on any atom is -0.460 e. The third-order valence-corrected chi connectivity index (χ3v) is 3.27. The summed E-state index contributed by atoms with van der Waals surface area (Å²) in [6, 6.07) is 7.17. The number of rotatable bonds is 4. The molecule has 2 aromatic rings. The molecule has 0 radical (unpaired) electrons. The Labute approximate surface area is 120 Å². The molecule has 0 saturated carbocycles. The van der Waals surface area contributed by atoms with Gasteiger partial charge in [-0.25, -0.2) is 0 Å². The summed E-state index contributed by atoms with van der Waals surface area (Å²) >= 11 is 0. The molecule has 0 amide bonds. The zero-order valence-corrected chi connectivity index (χ0v) is 11.3. The van der Waals surface area contributed by atoms with Crippen LogP contribution in [0.15, 0.2) is 35.3 Å². The second-order valence-electron chi connectivity index (χ2n) is 4.72. The van der Waals surface area contributed by atoms with E-state index in [1.54, 1.807) is 18.3 Å². The highest BCUT2D eigenvalue weighted by atomic mass is 16.7. The van der Waals surface area contributed by atoms with E-state index in [9.17, 15) is 9.59 Å².